The number of nitrogens with zero attached hydrogens (tertiary/aromatic N) is 4. The van der Waals surface area contributed by atoms with Crippen LogP contribution in [0, 0.1) is 0 Å². The third kappa shape index (κ3) is 15.6. The molecule has 0 saturated carbocycles. The Bertz CT molecular complexity index is 2190. The Labute approximate surface area is 361 Å². The van der Waals surface area contributed by atoms with Crippen molar-refractivity contribution < 1.29 is 64.0 Å². The molecule has 310 valence electrons. The quantitative estimate of drug-likeness (QED) is 0.0725. The van der Waals surface area contributed by atoms with Gasteiger partial charge in [0.2, 0.25) is 0 Å². The summed E-state index contributed by atoms with van der Waals surface area (Å²) in [5.74, 6) is 2.49. The van der Waals surface area contributed by atoms with Crippen LogP contribution in [0.15, 0.2) is 165 Å². The normalized spacial score (nSPS) is 12.6. The number of benzene rings is 5. The average Bonchev–Trinajstić information content (AvgIpc) is 3.23. The van der Waals surface area contributed by atoms with E-state index in [2.05, 4.69) is 20.0 Å². The third-order valence-electron chi connectivity index (χ3n) is 8.21. The topological polar surface area (TPSA) is 149 Å². The molecule has 0 heterocycles. The maximum absolute atomic E-state index is 10.0. The molecule has 6 rings (SSSR count). The molecule has 0 aliphatic heterocycles. The summed E-state index contributed by atoms with van der Waals surface area (Å²) in [6.07, 6.45) is 11.3. The van der Waals surface area contributed by atoms with Crippen molar-refractivity contribution in [3.8, 4) is 28.7 Å². The Hall–Kier alpha value is -5.90. The smallest absolute Gasteiger partial charge is 0.168 e. The molecule has 1 aliphatic rings. The second kappa shape index (κ2) is 26.9. The van der Waals surface area contributed by atoms with Crippen LogP contribution < -0.4 is 9.47 Å². The molecule has 2 radical (unpaired) electrons. The van der Waals surface area contributed by atoms with E-state index in [1.165, 1.54) is 0 Å². The number of aromatic hydroxyl groups is 3. The van der Waals surface area contributed by atoms with Crippen molar-refractivity contribution in [2.75, 3.05) is 20.8 Å². The van der Waals surface area contributed by atoms with E-state index in [0.29, 0.717) is 41.2 Å². The predicted molar refractivity (Wildman–Crippen MR) is 227 cm³/mol. The molecule has 0 saturated heterocycles. The standard InChI is InChI=1S/C22H22N2O3.C15H15NO2.C9H11NO.2Cu/c1-27-21-13-7-4-10-18(21)22(23-14-16-8-2-5-11-19(16)25)24-15-17-9-3-6-12-20(17)26;1-18-15-9-5-3-7-13(15)11-16-10-12-6-2-4-8-14(12)17;1-2-10-7-8-5-3-4-6-9(8)11;;/h2-5,7-11,13-15,22,25-26H,6,12H2,1H3;2-10,17H,11H2,1H3;3-7,11H,2H2,1H3;;/b23-14+,24-15+;;;;/t22-;;;;/m1..../s1. The summed E-state index contributed by atoms with van der Waals surface area (Å²) >= 11 is 0. The summed E-state index contributed by atoms with van der Waals surface area (Å²) in [5.41, 5.74) is 4.59. The number of hydrogen-bond acceptors (Lipinski definition) is 10. The van der Waals surface area contributed by atoms with Gasteiger partial charge in [-0.05, 0) is 61.9 Å². The molecule has 12 heteroatoms. The maximum atomic E-state index is 10.0. The molecule has 58 heavy (non-hydrogen) atoms. The SMILES string of the molecule is CCN=Cc1ccccc1O.COc1ccccc1CN=Cc1ccccc1O.COc1ccccc1[C@@H](/N=C/C1=C(O)CCC=C1)/N=C/c1ccccc1O.[Cu].[Cu]. The zero-order valence-corrected chi connectivity index (χ0v) is 34.3. The first-order valence-electron chi connectivity index (χ1n) is 18.1. The van der Waals surface area contributed by atoms with Gasteiger partial charge in [-0.25, -0.2) is 0 Å². The first kappa shape index (κ1) is 48.2. The Morgan fingerprint density at radius 2 is 1.07 bits per heavy atom. The van der Waals surface area contributed by atoms with Crippen molar-refractivity contribution in [2.45, 2.75) is 32.5 Å². The fourth-order valence-electron chi connectivity index (χ4n) is 5.22. The van der Waals surface area contributed by atoms with E-state index in [-0.39, 0.29) is 51.4 Å². The number of phenolic OH excluding ortho intramolecular Hbond substituents is 3. The molecular formula is C46H48Cu2N4O6. The minimum absolute atomic E-state index is 0. The summed E-state index contributed by atoms with van der Waals surface area (Å²) in [7, 11) is 3.25. The number of aliphatic hydroxyl groups excluding tert-OH is 1. The van der Waals surface area contributed by atoms with Gasteiger partial charge in [0.25, 0.3) is 0 Å². The zero-order valence-electron chi connectivity index (χ0n) is 32.4. The van der Waals surface area contributed by atoms with Crippen LogP contribution in [0.25, 0.3) is 0 Å². The van der Waals surface area contributed by atoms with Crippen molar-refractivity contribution in [1.29, 1.82) is 0 Å². The molecule has 0 bridgehead atoms. The molecule has 4 N–H and O–H groups in total. The van der Waals surface area contributed by atoms with Crippen LogP contribution in [0.2, 0.25) is 0 Å². The van der Waals surface area contributed by atoms with Gasteiger partial charge in [0.05, 0.1) is 20.8 Å². The van der Waals surface area contributed by atoms with Crippen LogP contribution in [0.3, 0.4) is 0 Å². The summed E-state index contributed by atoms with van der Waals surface area (Å²) < 4.78 is 10.7. The van der Waals surface area contributed by atoms with E-state index >= 15 is 0 Å². The van der Waals surface area contributed by atoms with Crippen LogP contribution in [0.4, 0.5) is 0 Å². The molecule has 0 spiro atoms. The first-order valence-corrected chi connectivity index (χ1v) is 18.1. The molecule has 0 aromatic heterocycles. The molecule has 5 aromatic carbocycles. The van der Waals surface area contributed by atoms with E-state index in [4.69, 9.17) is 9.47 Å². The molecule has 0 fully saturated rings. The van der Waals surface area contributed by atoms with E-state index in [0.717, 1.165) is 35.4 Å². The fourth-order valence-corrected chi connectivity index (χ4v) is 5.22. The number of ether oxygens (including phenoxy) is 2. The fraction of sp³-hybridized carbons (Fsp3) is 0.174. The number of allylic oxidation sites excluding steroid dienone is 4. The van der Waals surface area contributed by atoms with Gasteiger partial charge in [0, 0.05) is 105 Å². The molecule has 1 atom stereocenters. The van der Waals surface area contributed by atoms with E-state index in [1.54, 1.807) is 81.5 Å². The summed E-state index contributed by atoms with van der Waals surface area (Å²) in [6, 6.07) is 36.5. The maximum Gasteiger partial charge on any atom is 0.168 e. The summed E-state index contributed by atoms with van der Waals surface area (Å²) in [4.78, 5) is 17.5. The molecule has 1 aliphatic carbocycles. The van der Waals surface area contributed by atoms with Gasteiger partial charge >= 0.3 is 0 Å². The molecule has 10 nitrogen and oxygen atoms in total. The number of methoxy groups -OCH3 is 2. The van der Waals surface area contributed by atoms with Crippen LogP contribution in [0.5, 0.6) is 28.7 Å². The number of aliphatic imine (C=N–C) groups is 4. The number of rotatable bonds is 12. The molecule has 0 unspecified atom stereocenters. The van der Waals surface area contributed by atoms with Gasteiger partial charge < -0.3 is 29.9 Å². The van der Waals surface area contributed by atoms with Gasteiger partial charge in [-0.15, -0.1) is 0 Å². The average molecular weight is 880 g/mol. The van der Waals surface area contributed by atoms with Gasteiger partial charge in [0.1, 0.15) is 34.5 Å². The van der Waals surface area contributed by atoms with Gasteiger partial charge in [-0.3, -0.25) is 20.0 Å². The minimum atomic E-state index is -0.573. The third-order valence-corrected chi connectivity index (χ3v) is 8.21. The predicted octanol–water partition coefficient (Wildman–Crippen LogP) is 9.60. The number of para-hydroxylation sites is 5. The minimum Gasteiger partial charge on any atom is -0.512 e. The summed E-state index contributed by atoms with van der Waals surface area (Å²) in [5, 5.41) is 38.8. The van der Waals surface area contributed by atoms with Gasteiger partial charge in [-0.2, -0.15) is 0 Å². The van der Waals surface area contributed by atoms with Crippen LogP contribution >= 0.6 is 0 Å². The molecule has 5 aromatic rings. The number of hydrogen-bond donors (Lipinski definition) is 4. The van der Waals surface area contributed by atoms with Gasteiger partial charge in [-0.1, -0.05) is 84.9 Å². The van der Waals surface area contributed by atoms with Crippen molar-refractivity contribution in [3.63, 3.8) is 0 Å². The largest absolute Gasteiger partial charge is 0.512 e. The van der Waals surface area contributed by atoms with Crippen LogP contribution in [0.1, 0.15) is 53.7 Å². The van der Waals surface area contributed by atoms with Crippen molar-refractivity contribution in [1.82, 2.24) is 0 Å². The van der Waals surface area contributed by atoms with Gasteiger partial charge in [0.15, 0.2) is 6.17 Å². The Balaban J connectivity index is 0.000000323. The number of aliphatic hydroxyl groups is 1. The molecular weight excluding hydrogens is 832 g/mol. The van der Waals surface area contributed by atoms with E-state index in [9.17, 15) is 20.4 Å². The molecule has 0 amide bonds. The van der Waals surface area contributed by atoms with Crippen molar-refractivity contribution >= 4 is 24.9 Å². The number of phenols is 3. The van der Waals surface area contributed by atoms with Crippen molar-refractivity contribution in [2.24, 2.45) is 20.0 Å². The first-order chi connectivity index (χ1) is 27.3. The van der Waals surface area contributed by atoms with Crippen LogP contribution in [-0.2, 0) is 40.7 Å². The zero-order chi connectivity index (χ0) is 40.0. The monoisotopic (exact) mass is 878 g/mol. The van der Waals surface area contributed by atoms with E-state index in [1.807, 2.05) is 97.9 Å². The second-order valence-corrected chi connectivity index (χ2v) is 12.1. The summed E-state index contributed by atoms with van der Waals surface area (Å²) in [6.45, 7) is 3.23. The van der Waals surface area contributed by atoms with Crippen molar-refractivity contribution in [3.05, 3.63) is 173 Å². The van der Waals surface area contributed by atoms with Crippen LogP contribution in [-0.4, -0.2) is 66.0 Å². The second-order valence-electron chi connectivity index (χ2n) is 12.1. The van der Waals surface area contributed by atoms with E-state index < -0.39 is 6.17 Å². The Kier molecular flexibility index (Phi) is 22.3. The Morgan fingerprint density at radius 1 is 0.586 bits per heavy atom. The Morgan fingerprint density at radius 3 is 1.62 bits per heavy atom.